The number of rotatable bonds is 5. The molecule has 0 unspecified atom stereocenters. The molecule has 100 valence electrons. The molecule has 4 heteroatoms. The second-order valence-electron chi connectivity index (χ2n) is 5.25. The van der Waals surface area contributed by atoms with Gasteiger partial charge in [0.2, 0.25) is 0 Å². The van der Waals surface area contributed by atoms with Crippen molar-refractivity contribution in [3.05, 3.63) is 36.0 Å². The number of H-pyrrole nitrogens is 1. The smallest absolute Gasteiger partial charge is 0.267 e. The standard InChI is InChI=1S/C15H18N2O2/c18-9-12-7-10(12)5-6-16-15(19)14-8-11-3-1-2-4-13(11)17-14/h1-4,8,10,12,17-18H,5-7,9H2,(H,16,19)/t10-,12+/m0/s1. The van der Waals surface area contributed by atoms with Crippen LogP contribution in [0.1, 0.15) is 23.3 Å². The van der Waals surface area contributed by atoms with Gasteiger partial charge in [-0.25, -0.2) is 0 Å². The number of benzene rings is 1. The van der Waals surface area contributed by atoms with Gasteiger partial charge in [0.05, 0.1) is 0 Å². The molecule has 1 heterocycles. The van der Waals surface area contributed by atoms with Crippen molar-refractivity contribution in [3.8, 4) is 0 Å². The molecule has 0 spiro atoms. The average Bonchev–Trinajstić information content (AvgIpc) is 3.05. The SMILES string of the molecule is O=C(NCC[C@H]1C[C@@H]1CO)c1cc2ccccc2[nH]1. The van der Waals surface area contributed by atoms with Crippen LogP contribution in [0.15, 0.2) is 30.3 Å². The molecule has 2 aromatic rings. The van der Waals surface area contributed by atoms with Crippen LogP contribution >= 0.6 is 0 Å². The van der Waals surface area contributed by atoms with Crippen LogP contribution in [0.4, 0.5) is 0 Å². The molecule has 1 aromatic carbocycles. The van der Waals surface area contributed by atoms with E-state index in [0.717, 1.165) is 23.7 Å². The van der Waals surface area contributed by atoms with Gasteiger partial charge in [0.25, 0.3) is 5.91 Å². The number of nitrogens with one attached hydrogen (secondary N) is 2. The third kappa shape index (κ3) is 2.63. The third-order valence-electron chi connectivity index (χ3n) is 3.88. The van der Waals surface area contributed by atoms with E-state index in [1.165, 1.54) is 0 Å². The zero-order valence-electron chi connectivity index (χ0n) is 10.7. The van der Waals surface area contributed by atoms with Crippen molar-refractivity contribution < 1.29 is 9.90 Å². The number of amides is 1. The lowest BCUT2D eigenvalue weighted by Crippen LogP contribution is -2.25. The fraction of sp³-hybridized carbons (Fsp3) is 0.400. The molecule has 1 saturated carbocycles. The van der Waals surface area contributed by atoms with Gasteiger partial charge < -0.3 is 15.4 Å². The summed E-state index contributed by atoms with van der Waals surface area (Å²) in [6.45, 7) is 0.954. The number of fused-ring (bicyclic) bond motifs is 1. The summed E-state index contributed by atoms with van der Waals surface area (Å²) in [6, 6.07) is 9.72. The zero-order chi connectivity index (χ0) is 13.2. The highest BCUT2D eigenvalue weighted by Gasteiger charge is 2.35. The molecule has 1 aliphatic carbocycles. The van der Waals surface area contributed by atoms with Gasteiger partial charge in [0, 0.05) is 24.1 Å². The molecule has 1 aromatic heterocycles. The number of aliphatic hydroxyl groups is 1. The lowest BCUT2D eigenvalue weighted by atomic mass is 10.2. The summed E-state index contributed by atoms with van der Waals surface area (Å²) in [4.78, 5) is 15.1. The Morgan fingerprint density at radius 3 is 2.95 bits per heavy atom. The Morgan fingerprint density at radius 2 is 2.21 bits per heavy atom. The van der Waals surface area contributed by atoms with E-state index in [1.54, 1.807) is 0 Å². The summed E-state index contributed by atoms with van der Waals surface area (Å²) in [5.74, 6) is 0.996. The molecular formula is C15H18N2O2. The maximum absolute atomic E-state index is 12.0. The van der Waals surface area contributed by atoms with Crippen LogP contribution in [0.2, 0.25) is 0 Å². The van der Waals surface area contributed by atoms with Gasteiger partial charge in [0.15, 0.2) is 0 Å². The number of hydrogen-bond acceptors (Lipinski definition) is 2. The molecule has 1 fully saturated rings. The van der Waals surface area contributed by atoms with Crippen molar-refractivity contribution in [3.63, 3.8) is 0 Å². The van der Waals surface area contributed by atoms with E-state index in [-0.39, 0.29) is 12.5 Å². The van der Waals surface area contributed by atoms with Crippen molar-refractivity contribution in [2.45, 2.75) is 12.8 Å². The molecule has 0 bridgehead atoms. The molecule has 3 rings (SSSR count). The topological polar surface area (TPSA) is 65.1 Å². The Hall–Kier alpha value is -1.81. The van der Waals surface area contributed by atoms with E-state index < -0.39 is 0 Å². The van der Waals surface area contributed by atoms with Crippen molar-refractivity contribution in [1.82, 2.24) is 10.3 Å². The molecular weight excluding hydrogens is 240 g/mol. The van der Waals surface area contributed by atoms with Crippen LogP contribution < -0.4 is 5.32 Å². The molecule has 0 aliphatic heterocycles. The molecule has 1 amide bonds. The summed E-state index contributed by atoms with van der Waals surface area (Å²) < 4.78 is 0. The van der Waals surface area contributed by atoms with Gasteiger partial charge in [0.1, 0.15) is 5.69 Å². The summed E-state index contributed by atoms with van der Waals surface area (Å²) >= 11 is 0. The fourth-order valence-corrected chi connectivity index (χ4v) is 2.55. The van der Waals surface area contributed by atoms with Crippen molar-refractivity contribution >= 4 is 16.8 Å². The van der Waals surface area contributed by atoms with Gasteiger partial charge in [-0.05, 0) is 36.8 Å². The minimum atomic E-state index is -0.0580. The Labute approximate surface area is 111 Å². The molecule has 19 heavy (non-hydrogen) atoms. The maximum atomic E-state index is 12.0. The Balaban J connectivity index is 1.55. The van der Waals surface area contributed by atoms with Crippen molar-refractivity contribution in [2.24, 2.45) is 11.8 Å². The fourth-order valence-electron chi connectivity index (χ4n) is 2.55. The molecule has 0 saturated heterocycles. The summed E-state index contributed by atoms with van der Waals surface area (Å²) in [7, 11) is 0. The highest BCUT2D eigenvalue weighted by Crippen LogP contribution is 2.40. The van der Waals surface area contributed by atoms with Gasteiger partial charge in [-0.3, -0.25) is 4.79 Å². The second kappa shape index (κ2) is 5.05. The number of hydrogen-bond donors (Lipinski definition) is 3. The van der Waals surface area contributed by atoms with Crippen LogP contribution in [0.25, 0.3) is 10.9 Å². The Kier molecular flexibility index (Phi) is 3.25. The van der Waals surface area contributed by atoms with E-state index in [4.69, 9.17) is 5.11 Å². The Morgan fingerprint density at radius 1 is 1.37 bits per heavy atom. The van der Waals surface area contributed by atoms with E-state index in [1.807, 2.05) is 30.3 Å². The van der Waals surface area contributed by atoms with Gasteiger partial charge in [-0.2, -0.15) is 0 Å². The summed E-state index contributed by atoms with van der Waals surface area (Å²) in [5.41, 5.74) is 1.59. The first kappa shape index (κ1) is 12.2. The highest BCUT2D eigenvalue weighted by molar-refractivity contribution is 5.97. The van der Waals surface area contributed by atoms with Gasteiger partial charge in [-0.1, -0.05) is 18.2 Å². The van der Waals surface area contributed by atoms with E-state index in [9.17, 15) is 4.79 Å². The number of aliphatic hydroxyl groups excluding tert-OH is 1. The predicted octanol–water partition coefficient (Wildman–Crippen LogP) is 1.92. The monoisotopic (exact) mass is 258 g/mol. The number of carbonyl (C=O) groups excluding carboxylic acids is 1. The average molecular weight is 258 g/mol. The van der Waals surface area contributed by atoms with Crippen LogP contribution in [-0.4, -0.2) is 29.1 Å². The maximum Gasteiger partial charge on any atom is 0.267 e. The molecule has 0 radical (unpaired) electrons. The first-order valence-electron chi connectivity index (χ1n) is 6.74. The lowest BCUT2D eigenvalue weighted by molar-refractivity contribution is 0.0948. The van der Waals surface area contributed by atoms with E-state index >= 15 is 0 Å². The zero-order valence-corrected chi connectivity index (χ0v) is 10.7. The number of para-hydroxylation sites is 1. The van der Waals surface area contributed by atoms with Crippen LogP contribution in [0.5, 0.6) is 0 Å². The van der Waals surface area contributed by atoms with E-state index in [0.29, 0.717) is 24.1 Å². The van der Waals surface area contributed by atoms with Crippen LogP contribution in [0, 0.1) is 11.8 Å². The van der Waals surface area contributed by atoms with E-state index in [2.05, 4.69) is 10.3 Å². The first-order chi connectivity index (χ1) is 9.28. The third-order valence-corrected chi connectivity index (χ3v) is 3.88. The lowest BCUT2D eigenvalue weighted by Gasteiger charge is -2.02. The number of carbonyl (C=O) groups is 1. The molecule has 3 N–H and O–H groups in total. The normalized spacial score (nSPS) is 21.5. The molecule has 4 nitrogen and oxygen atoms in total. The number of aromatic amines is 1. The van der Waals surface area contributed by atoms with Crippen molar-refractivity contribution in [1.29, 1.82) is 0 Å². The first-order valence-corrected chi connectivity index (χ1v) is 6.74. The van der Waals surface area contributed by atoms with Crippen LogP contribution in [0.3, 0.4) is 0 Å². The van der Waals surface area contributed by atoms with Gasteiger partial charge in [-0.15, -0.1) is 0 Å². The predicted molar refractivity (Wildman–Crippen MR) is 73.9 cm³/mol. The minimum Gasteiger partial charge on any atom is -0.396 e. The largest absolute Gasteiger partial charge is 0.396 e. The number of aromatic nitrogens is 1. The van der Waals surface area contributed by atoms with Gasteiger partial charge >= 0.3 is 0 Å². The molecule has 2 atom stereocenters. The van der Waals surface area contributed by atoms with Crippen LogP contribution in [-0.2, 0) is 0 Å². The Bertz CT molecular complexity index is 558. The highest BCUT2D eigenvalue weighted by atomic mass is 16.3. The second-order valence-corrected chi connectivity index (χ2v) is 5.25. The quantitative estimate of drug-likeness (QED) is 0.767. The minimum absolute atomic E-state index is 0.0580. The molecule has 1 aliphatic rings. The van der Waals surface area contributed by atoms with Crippen molar-refractivity contribution in [2.75, 3.05) is 13.2 Å². The summed E-state index contributed by atoms with van der Waals surface area (Å²) in [5, 5.41) is 12.9. The summed E-state index contributed by atoms with van der Waals surface area (Å²) in [6.07, 6.45) is 2.05.